The Morgan fingerprint density at radius 1 is 1.08 bits per heavy atom. The smallest absolute Gasteiger partial charge is 0.320 e. The number of tetrazole rings is 1. The molecular formula is C16H25N7O2S. The van der Waals surface area contributed by atoms with Gasteiger partial charge >= 0.3 is 6.03 Å². The highest BCUT2D eigenvalue weighted by Gasteiger charge is 2.38. The van der Waals surface area contributed by atoms with Crippen LogP contribution in [0, 0.1) is 5.92 Å². The number of H-pyrrole nitrogens is 1. The lowest BCUT2D eigenvalue weighted by molar-refractivity contribution is -0.139. The van der Waals surface area contributed by atoms with Gasteiger partial charge in [0.15, 0.2) is 5.82 Å². The molecule has 10 heteroatoms. The van der Waals surface area contributed by atoms with E-state index in [-0.39, 0.29) is 23.9 Å². The maximum atomic E-state index is 13.2. The first-order valence-corrected chi connectivity index (χ1v) is 10.5. The zero-order valence-corrected chi connectivity index (χ0v) is 15.7. The molecule has 26 heavy (non-hydrogen) atoms. The number of nitrogens with zero attached hydrogens (tertiary/aromatic N) is 6. The molecule has 0 aromatic carbocycles. The van der Waals surface area contributed by atoms with Crippen LogP contribution in [0.1, 0.15) is 37.5 Å². The Morgan fingerprint density at radius 2 is 1.88 bits per heavy atom. The van der Waals surface area contributed by atoms with E-state index in [9.17, 15) is 9.59 Å². The summed E-state index contributed by atoms with van der Waals surface area (Å²) in [4.78, 5) is 31.6. The van der Waals surface area contributed by atoms with E-state index in [4.69, 9.17) is 0 Å². The number of aromatic amines is 1. The van der Waals surface area contributed by atoms with Gasteiger partial charge in [0.1, 0.15) is 6.04 Å². The van der Waals surface area contributed by atoms with Crippen molar-refractivity contribution in [3.63, 3.8) is 0 Å². The van der Waals surface area contributed by atoms with E-state index in [1.54, 1.807) is 11.8 Å². The fourth-order valence-corrected chi connectivity index (χ4v) is 5.13. The van der Waals surface area contributed by atoms with Crippen molar-refractivity contribution in [3.8, 4) is 0 Å². The summed E-state index contributed by atoms with van der Waals surface area (Å²) in [6.45, 7) is 3.66. The van der Waals surface area contributed by atoms with Crippen LogP contribution in [0.5, 0.6) is 0 Å². The molecule has 2 unspecified atom stereocenters. The average molecular weight is 379 g/mol. The lowest BCUT2D eigenvalue weighted by Gasteiger charge is -2.39. The molecule has 4 rings (SSSR count). The fraction of sp³-hybridized carbons (Fsp3) is 0.812. The number of hydrogen-bond acceptors (Lipinski definition) is 6. The molecule has 3 amide bonds. The summed E-state index contributed by atoms with van der Waals surface area (Å²) in [6, 6.07) is -0.0337. The van der Waals surface area contributed by atoms with Gasteiger partial charge < -0.3 is 14.7 Å². The summed E-state index contributed by atoms with van der Waals surface area (Å²) in [6.07, 6.45) is 3.89. The predicted octanol–water partition coefficient (Wildman–Crippen LogP) is 0.744. The highest BCUT2D eigenvalue weighted by Crippen LogP contribution is 2.30. The number of carbonyl (C=O) groups excluding carboxylic acids is 2. The number of aromatic nitrogens is 4. The van der Waals surface area contributed by atoms with Crippen LogP contribution in [-0.4, -0.2) is 91.5 Å². The molecule has 1 N–H and O–H groups in total. The fourth-order valence-electron chi connectivity index (χ4n) is 4.09. The molecule has 0 radical (unpaired) electrons. The van der Waals surface area contributed by atoms with Gasteiger partial charge in [-0.15, -0.1) is 10.2 Å². The third kappa shape index (κ3) is 3.51. The average Bonchev–Trinajstić information content (AvgIpc) is 3.41. The van der Waals surface area contributed by atoms with Crippen molar-refractivity contribution >= 4 is 23.7 Å². The highest BCUT2D eigenvalue weighted by molar-refractivity contribution is 7.99. The minimum Gasteiger partial charge on any atom is -0.330 e. The third-order valence-electron chi connectivity index (χ3n) is 5.49. The number of urea groups is 1. The number of rotatable bonds is 2. The lowest BCUT2D eigenvalue weighted by Crippen LogP contribution is -2.52. The van der Waals surface area contributed by atoms with E-state index >= 15 is 0 Å². The molecule has 3 aliphatic heterocycles. The van der Waals surface area contributed by atoms with Gasteiger partial charge in [-0.3, -0.25) is 4.79 Å². The molecule has 1 aromatic rings. The number of thioether (sulfide) groups is 1. The molecule has 1 aromatic heterocycles. The van der Waals surface area contributed by atoms with E-state index in [0.717, 1.165) is 56.8 Å². The van der Waals surface area contributed by atoms with Crippen LogP contribution in [-0.2, 0) is 4.79 Å². The number of nitrogens with one attached hydrogen (secondary N) is 1. The van der Waals surface area contributed by atoms with Crippen molar-refractivity contribution in [1.29, 1.82) is 0 Å². The number of likely N-dealkylation sites (tertiary alicyclic amines) is 2. The van der Waals surface area contributed by atoms with Crippen molar-refractivity contribution in [2.75, 3.05) is 44.2 Å². The first-order chi connectivity index (χ1) is 12.7. The summed E-state index contributed by atoms with van der Waals surface area (Å²) >= 11 is 1.80. The second-order valence-electron chi connectivity index (χ2n) is 7.15. The van der Waals surface area contributed by atoms with Gasteiger partial charge in [-0.05, 0) is 25.7 Å². The number of hydrogen-bond donors (Lipinski definition) is 1. The molecule has 2 atom stereocenters. The Hall–Kier alpha value is -1.84. The summed E-state index contributed by atoms with van der Waals surface area (Å²) < 4.78 is 0. The van der Waals surface area contributed by atoms with Crippen LogP contribution in [0.2, 0.25) is 0 Å². The number of amides is 3. The van der Waals surface area contributed by atoms with Gasteiger partial charge in [0, 0.05) is 44.2 Å². The van der Waals surface area contributed by atoms with Crippen molar-refractivity contribution in [3.05, 3.63) is 5.82 Å². The minimum atomic E-state index is -0.135. The zero-order valence-electron chi connectivity index (χ0n) is 14.8. The molecule has 9 nitrogen and oxygen atoms in total. The monoisotopic (exact) mass is 379 g/mol. The molecule has 142 valence electrons. The van der Waals surface area contributed by atoms with Gasteiger partial charge in [-0.2, -0.15) is 17.0 Å². The molecular weight excluding hydrogens is 354 g/mol. The Labute approximate surface area is 156 Å². The Bertz CT molecular complexity index is 635. The van der Waals surface area contributed by atoms with Gasteiger partial charge in [-0.25, -0.2) is 4.79 Å². The van der Waals surface area contributed by atoms with Gasteiger partial charge in [0.25, 0.3) is 0 Å². The Kier molecular flexibility index (Phi) is 5.28. The summed E-state index contributed by atoms with van der Waals surface area (Å²) in [5, 5.41) is 14.3. The minimum absolute atomic E-state index is 0.101. The van der Waals surface area contributed by atoms with E-state index in [1.807, 2.05) is 14.7 Å². The Morgan fingerprint density at radius 3 is 2.65 bits per heavy atom. The number of carbonyl (C=O) groups is 2. The third-order valence-corrected chi connectivity index (χ3v) is 6.51. The second-order valence-corrected chi connectivity index (χ2v) is 8.30. The molecule has 3 aliphatic rings. The van der Waals surface area contributed by atoms with Crippen molar-refractivity contribution in [2.45, 2.75) is 31.7 Å². The highest BCUT2D eigenvalue weighted by atomic mass is 32.2. The molecule has 3 saturated heterocycles. The molecule has 0 spiro atoms. The van der Waals surface area contributed by atoms with Gasteiger partial charge in [0.05, 0.1) is 5.92 Å². The number of piperidine rings is 1. The molecule has 0 saturated carbocycles. The van der Waals surface area contributed by atoms with Crippen LogP contribution in [0.15, 0.2) is 0 Å². The Balaban J connectivity index is 1.43. The van der Waals surface area contributed by atoms with Crippen molar-refractivity contribution < 1.29 is 9.59 Å². The largest absolute Gasteiger partial charge is 0.330 e. The first-order valence-electron chi connectivity index (χ1n) is 9.39. The summed E-state index contributed by atoms with van der Waals surface area (Å²) in [5.41, 5.74) is 0. The van der Waals surface area contributed by atoms with E-state index in [2.05, 4.69) is 20.6 Å². The van der Waals surface area contributed by atoms with E-state index < -0.39 is 0 Å². The van der Waals surface area contributed by atoms with Crippen molar-refractivity contribution in [2.24, 2.45) is 5.92 Å². The van der Waals surface area contributed by atoms with Crippen LogP contribution in [0.3, 0.4) is 0 Å². The quantitative estimate of drug-likeness (QED) is 0.814. The molecule has 0 aliphatic carbocycles. The summed E-state index contributed by atoms with van der Waals surface area (Å²) in [5.74, 6) is 2.27. The SMILES string of the molecule is O=C(N1CCCC1)N1CCCC(C(=O)N2CCSCC2c2nn[nH]n2)C1. The van der Waals surface area contributed by atoms with Crippen LogP contribution in [0.25, 0.3) is 0 Å². The maximum Gasteiger partial charge on any atom is 0.320 e. The van der Waals surface area contributed by atoms with E-state index in [0.29, 0.717) is 18.9 Å². The first kappa shape index (κ1) is 17.6. The predicted molar refractivity (Wildman–Crippen MR) is 96.5 cm³/mol. The maximum absolute atomic E-state index is 13.2. The van der Waals surface area contributed by atoms with Crippen LogP contribution >= 0.6 is 11.8 Å². The lowest BCUT2D eigenvalue weighted by atomic mass is 9.96. The molecule has 3 fully saturated rings. The van der Waals surface area contributed by atoms with E-state index in [1.165, 1.54) is 0 Å². The molecule has 0 bridgehead atoms. The molecule has 4 heterocycles. The van der Waals surface area contributed by atoms with Gasteiger partial charge in [-0.1, -0.05) is 5.21 Å². The van der Waals surface area contributed by atoms with Crippen LogP contribution < -0.4 is 0 Å². The second kappa shape index (κ2) is 7.81. The van der Waals surface area contributed by atoms with Crippen molar-refractivity contribution in [1.82, 2.24) is 35.3 Å². The van der Waals surface area contributed by atoms with Crippen LogP contribution in [0.4, 0.5) is 4.79 Å². The normalized spacial score (nSPS) is 27.0. The topological polar surface area (TPSA) is 98.3 Å². The summed E-state index contributed by atoms with van der Waals surface area (Å²) in [7, 11) is 0. The standard InChI is InChI=1S/C16H25N7O2S/c24-15(23-8-9-26-11-13(23)14-17-19-20-18-14)12-4-3-7-22(10-12)16(25)21-5-1-2-6-21/h12-13H,1-11H2,(H,17,18,19,20). The van der Waals surface area contributed by atoms with Gasteiger partial charge in [0.2, 0.25) is 5.91 Å². The zero-order chi connectivity index (χ0) is 17.9.